The van der Waals surface area contributed by atoms with Gasteiger partial charge in [-0.05, 0) is 154 Å². The molecule has 342 valence electrons. The van der Waals surface area contributed by atoms with E-state index in [9.17, 15) is 14.7 Å². The number of carboxylic acids is 1. The molecule has 0 fully saturated rings. The number of nitrogens with zero attached hydrogens (tertiary/aromatic N) is 5. The van der Waals surface area contributed by atoms with Crippen molar-refractivity contribution >= 4 is 80.5 Å². The van der Waals surface area contributed by atoms with Gasteiger partial charge in [-0.15, -0.1) is 22.7 Å². The van der Waals surface area contributed by atoms with Gasteiger partial charge in [0.25, 0.3) is 5.91 Å². The van der Waals surface area contributed by atoms with Crippen molar-refractivity contribution in [1.82, 2.24) is 0 Å². The first-order chi connectivity index (χ1) is 31.9. The van der Waals surface area contributed by atoms with Gasteiger partial charge in [-0.2, -0.15) is 10.1 Å². The van der Waals surface area contributed by atoms with Crippen LogP contribution in [0.4, 0.5) is 34.1 Å². The average Bonchev–Trinajstić information content (AvgIpc) is 4.06. The Labute approximate surface area is 402 Å². The van der Waals surface area contributed by atoms with Crippen molar-refractivity contribution in [2.45, 2.75) is 103 Å². The maximum atomic E-state index is 13.5. The molecule has 1 N–H and O–H groups in total. The molecule has 7 heterocycles. The third kappa shape index (κ3) is 7.33. The maximum Gasteiger partial charge on any atom is 0.357 e. The molecule has 4 aromatic carbocycles. The second-order valence-electron chi connectivity index (χ2n) is 21.8. The highest BCUT2D eigenvalue weighted by atomic mass is 32.1. The third-order valence-corrected chi connectivity index (χ3v) is 17.9. The van der Waals surface area contributed by atoms with Crippen molar-refractivity contribution in [2.24, 2.45) is 5.10 Å². The molecule has 0 spiro atoms. The van der Waals surface area contributed by atoms with Gasteiger partial charge in [-0.25, -0.2) is 4.79 Å². The number of hydrazone groups is 1. The number of amides is 1. The number of aliphatic carboxylic acids is 1. The molecule has 1 amide bonds. The van der Waals surface area contributed by atoms with Gasteiger partial charge in [0.05, 0.1) is 11.3 Å². The summed E-state index contributed by atoms with van der Waals surface area (Å²) in [5.41, 5.74) is 14.1. The van der Waals surface area contributed by atoms with Gasteiger partial charge in [0, 0.05) is 74.1 Å². The topological polar surface area (TPSA) is 79.7 Å². The van der Waals surface area contributed by atoms with Crippen LogP contribution in [0.3, 0.4) is 0 Å². The summed E-state index contributed by atoms with van der Waals surface area (Å²) >= 11 is 3.26. The minimum atomic E-state index is -1.24. The van der Waals surface area contributed by atoms with Crippen LogP contribution in [-0.2, 0) is 31.2 Å². The maximum absolute atomic E-state index is 13.5. The summed E-state index contributed by atoms with van der Waals surface area (Å²) < 4.78 is 0. The van der Waals surface area contributed by atoms with Crippen molar-refractivity contribution < 1.29 is 14.7 Å². The number of anilines is 6. The van der Waals surface area contributed by atoms with Crippen molar-refractivity contribution in [3.63, 3.8) is 0 Å². The van der Waals surface area contributed by atoms with E-state index in [4.69, 9.17) is 0 Å². The molecule has 0 aliphatic carbocycles. The lowest BCUT2D eigenvalue weighted by atomic mass is 9.69. The van der Waals surface area contributed by atoms with Crippen LogP contribution in [0.15, 0.2) is 114 Å². The molecule has 0 saturated heterocycles. The molecular formula is C57H59N5O3S2. The summed E-state index contributed by atoms with van der Waals surface area (Å²) in [4.78, 5) is 37.7. The monoisotopic (exact) mass is 925 g/mol. The fraction of sp³-hybridized carbons (Fsp3) is 0.351. The summed E-state index contributed by atoms with van der Waals surface area (Å²) in [5.74, 6) is -1.69. The highest BCUT2D eigenvalue weighted by Crippen LogP contribution is 2.55. The number of carbonyl (C=O) groups is 2. The van der Waals surface area contributed by atoms with E-state index < -0.39 is 11.9 Å². The molecule has 0 atom stereocenters. The number of hydrogen-bond donors (Lipinski definition) is 1. The van der Waals surface area contributed by atoms with Crippen molar-refractivity contribution in [2.75, 3.05) is 45.9 Å². The fourth-order valence-corrected chi connectivity index (χ4v) is 13.2. The molecule has 6 aromatic rings. The zero-order chi connectivity index (χ0) is 46.8. The lowest BCUT2D eigenvalue weighted by Gasteiger charge is -2.49. The molecule has 2 aromatic heterocycles. The van der Waals surface area contributed by atoms with Gasteiger partial charge in [-0.1, -0.05) is 85.7 Å². The molecule has 8 nitrogen and oxygen atoms in total. The average molecular weight is 926 g/mol. The van der Waals surface area contributed by atoms with Crippen molar-refractivity contribution in [3.8, 4) is 20.2 Å². The number of thiophene rings is 2. The third-order valence-electron chi connectivity index (χ3n) is 15.5. The summed E-state index contributed by atoms with van der Waals surface area (Å²) in [5, 5.41) is 15.3. The number of carboxylic acid groups (broad SMARTS) is 1. The second-order valence-corrected chi connectivity index (χ2v) is 24.0. The van der Waals surface area contributed by atoms with E-state index >= 15 is 0 Å². The van der Waals surface area contributed by atoms with Gasteiger partial charge in [0.2, 0.25) is 0 Å². The highest BCUT2D eigenvalue weighted by Gasteiger charge is 2.43. The zero-order valence-electron chi connectivity index (χ0n) is 39.9. The van der Waals surface area contributed by atoms with E-state index in [0.717, 1.165) is 87.6 Å². The van der Waals surface area contributed by atoms with Crippen LogP contribution in [0, 0.1) is 0 Å². The largest absolute Gasteiger partial charge is 0.476 e. The van der Waals surface area contributed by atoms with E-state index in [1.807, 2.05) is 18.2 Å². The zero-order valence-corrected chi connectivity index (χ0v) is 41.5. The van der Waals surface area contributed by atoms with Gasteiger partial charge in [0.15, 0.2) is 5.71 Å². The fourth-order valence-electron chi connectivity index (χ4n) is 11.1. The lowest BCUT2D eigenvalue weighted by molar-refractivity contribution is -0.129. The Hall–Kier alpha value is -5.97. The van der Waals surface area contributed by atoms with Crippen LogP contribution >= 0.6 is 22.7 Å². The first kappa shape index (κ1) is 43.6. The van der Waals surface area contributed by atoms with E-state index in [-0.39, 0.29) is 32.9 Å². The van der Waals surface area contributed by atoms with E-state index in [1.165, 1.54) is 56.3 Å². The molecule has 5 aliphatic heterocycles. The van der Waals surface area contributed by atoms with Crippen LogP contribution in [0.1, 0.15) is 108 Å². The van der Waals surface area contributed by atoms with Crippen LogP contribution in [0.5, 0.6) is 0 Å². The molecule has 0 bridgehead atoms. The molecular weight excluding hydrogens is 867 g/mol. The Balaban J connectivity index is 0.971. The SMILES string of the molecule is CC1(C)CCN2CCC(C)(C)c3cc(N(c4ccc(-c5ccc(-c6ccc(/C=C7\C(=O)N(c8ccccc8)N=C7C(=O)O)s6)s5)cc4)c4cc5c6c(c4)C(C)(C)CCN6CCC5(C)C)cc1c32. The summed E-state index contributed by atoms with van der Waals surface area (Å²) in [6.45, 7) is 24.0. The van der Waals surface area contributed by atoms with Gasteiger partial charge < -0.3 is 19.8 Å². The summed E-state index contributed by atoms with van der Waals surface area (Å²) in [7, 11) is 0. The Morgan fingerprint density at radius 1 is 0.597 bits per heavy atom. The van der Waals surface area contributed by atoms with Crippen LogP contribution < -0.4 is 19.7 Å². The lowest BCUT2D eigenvalue weighted by Crippen LogP contribution is -2.45. The van der Waals surface area contributed by atoms with Crippen molar-refractivity contribution in [1.29, 1.82) is 0 Å². The van der Waals surface area contributed by atoms with Gasteiger partial charge in [-0.3, -0.25) is 4.79 Å². The summed E-state index contributed by atoms with van der Waals surface area (Å²) in [6.07, 6.45) is 6.21. The number of hydrogen-bond acceptors (Lipinski definition) is 8. The van der Waals surface area contributed by atoms with E-state index in [0.29, 0.717) is 5.69 Å². The van der Waals surface area contributed by atoms with E-state index in [1.54, 1.807) is 41.7 Å². The van der Waals surface area contributed by atoms with Crippen LogP contribution in [0.2, 0.25) is 0 Å². The molecule has 0 radical (unpaired) electrons. The Bertz CT molecular complexity index is 2880. The number of carbonyl (C=O) groups excluding carboxylic acids is 1. The summed E-state index contributed by atoms with van der Waals surface area (Å²) in [6, 6.07) is 36.5. The standard InChI is InChI=1S/C57H59N5O3S2/c1-54(2)22-26-59-27-23-55(3,4)43-31-38(30-42(54)50(43)59)61(39-32-44-51-45(33-39)57(7,8)25-29-60(51)28-24-56(44,5)6)36-16-14-35(15-17-36)46-20-21-48(67-46)47-19-18-40(66-47)34-41-49(53(64)65)58-62(52(41)63)37-12-10-9-11-13-37/h9-21,30-34H,22-29H2,1-8H3,(H,64,65)/b41-34-. The molecule has 0 saturated carbocycles. The van der Waals surface area contributed by atoms with Gasteiger partial charge >= 0.3 is 5.97 Å². The molecule has 5 aliphatic rings. The Morgan fingerprint density at radius 2 is 1.06 bits per heavy atom. The van der Waals surface area contributed by atoms with Crippen LogP contribution in [-0.4, -0.2) is 48.9 Å². The van der Waals surface area contributed by atoms with Crippen molar-refractivity contribution in [3.05, 3.63) is 136 Å². The minimum Gasteiger partial charge on any atom is -0.476 e. The minimum absolute atomic E-state index is 0.0517. The van der Waals surface area contributed by atoms with Gasteiger partial charge in [0.1, 0.15) is 0 Å². The normalized spacial score (nSPS) is 20.1. The quantitative estimate of drug-likeness (QED) is 0.153. The molecule has 67 heavy (non-hydrogen) atoms. The number of benzene rings is 4. The first-order valence-electron chi connectivity index (χ1n) is 23.8. The van der Waals surface area contributed by atoms with Crippen LogP contribution in [0.25, 0.3) is 26.3 Å². The highest BCUT2D eigenvalue weighted by molar-refractivity contribution is 7.24. The number of rotatable bonds is 8. The predicted octanol–water partition coefficient (Wildman–Crippen LogP) is 13.8. The predicted molar refractivity (Wildman–Crippen MR) is 280 cm³/mol. The molecule has 11 rings (SSSR count). The number of para-hydroxylation sites is 1. The molecule has 10 heteroatoms. The second kappa shape index (κ2) is 15.5. The molecule has 0 unspecified atom stereocenters. The first-order valence-corrected chi connectivity index (χ1v) is 25.4. The van der Waals surface area contributed by atoms with E-state index in [2.05, 4.69) is 136 Å². The smallest absolute Gasteiger partial charge is 0.357 e. The Kier molecular flexibility index (Phi) is 10.1. The Morgan fingerprint density at radius 3 is 1.55 bits per heavy atom.